The van der Waals surface area contributed by atoms with Gasteiger partial charge in [0.15, 0.2) is 11.5 Å². The van der Waals surface area contributed by atoms with Crippen molar-refractivity contribution in [2.24, 2.45) is 0 Å². The molecule has 0 spiro atoms. The first-order chi connectivity index (χ1) is 9.37. The average molecular weight is 303 g/mol. The fraction of sp³-hybridized carbons (Fsp3) is 0.636. The number of hydrogen-bond acceptors (Lipinski definition) is 6. The smallest absolute Gasteiger partial charge is 0.320 e. The summed E-state index contributed by atoms with van der Waals surface area (Å²) < 4.78 is 29.9. The van der Waals surface area contributed by atoms with Crippen LogP contribution in [0.3, 0.4) is 0 Å². The highest BCUT2D eigenvalue weighted by molar-refractivity contribution is 7.89. The van der Waals surface area contributed by atoms with Crippen LogP contribution in [0.5, 0.6) is 0 Å². The molecule has 8 nitrogen and oxygen atoms in total. The van der Waals surface area contributed by atoms with E-state index in [1.807, 2.05) is 17.9 Å². The highest BCUT2D eigenvalue weighted by Gasteiger charge is 2.29. The van der Waals surface area contributed by atoms with Crippen LogP contribution in [0.2, 0.25) is 0 Å². The largest absolute Gasteiger partial charge is 0.480 e. The van der Waals surface area contributed by atoms with Gasteiger partial charge in [0.1, 0.15) is 0 Å². The van der Waals surface area contributed by atoms with E-state index in [1.54, 1.807) is 0 Å². The van der Waals surface area contributed by atoms with E-state index in [0.717, 1.165) is 11.5 Å². The van der Waals surface area contributed by atoms with Crippen LogP contribution in [0, 0.1) is 6.92 Å². The first-order valence-corrected chi connectivity index (χ1v) is 7.82. The molecule has 0 saturated carbocycles. The molecule has 1 N–H and O–H groups in total. The van der Waals surface area contributed by atoms with Crippen molar-refractivity contribution in [1.29, 1.82) is 0 Å². The fourth-order valence-electron chi connectivity index (χ4n) is 2.12. The van der Waals surface area contributed by atoms with Crippen LogP contribution in [0.25, 0.3) is 0 Å². The van der Waals surface area contributed by atoms with Gasteiger partial charge in [0.2, 0.25) is 10.0 Å². The Morgan fingerprint density at radius 2 is 2.05 bits per heavy atom. The zero-order chi connectivity index (χ0) is 14.8. The second-order valence-electron chi connectivity index (χ2n) is 4.76. The molecular formula is C11H17N3O5S. The SMILES string of the molecule is Cc1cc(CN2CCN(S(=O)(=O)CC(=O)O)CC2)on1. The van der Waals surface area contributed by atoms with Crippen LogP contribution in [-0.2, 0) is 21.4 Å². The molecule has 1 aromatic heterocycles. The number of hydrogen-bond donors (Lipinski definition) is 1. The molecule has 1 aliphatic heterocycles. The van der Waals surface area contributed by atoms with Gasteiger partial charge in [-0.1, -0.05) is 5.16 Å². The Kier molecular flexibility index (Phi) is 4.41. The number of piperazine rings is 1. The summed E-state index contributed by atoms with van der Waals surface area (Å²) in [5, 5.41) is 12.4. The molecule has 0 aliphatic carbocycles. The van der Waals surface area contributed by atoms with E-state index in [4.69, 9.17) is 9.63 Å². The standard InChI is InChI=1S/C11H17N3O5S/c1-9-6-10(19-12-9)7-13-2-4-14(5-3-13)20(17,18)8-11(15)16/h6H,2-5,7-8H2,1H3,(H,15,16). The quantitative estimate of drug-likeness (QED) is 0.783. The van der Waals surface area contributed by atoms with E-state index in [9.17, 15) is 13.2 Å². The van der Waals surface area contributed by atoms with Crippen LogP contribution >= 0.6 is 0 Å². The van der Waals surface area contributed by atoms with Crippen molar-refractivity contribution in [2.45, 2.75) is 13.5 Å². The van der Waals surface area contributed by atoms with Gasteiger partial charge in [-0.3, -0.25) is 9.69 Å². The van der Waals surface area contributed by atoms with E-state index in [1.165, 1.54) is 4.31 Å². The zero-order valence-corrected chi connectivity index (χ0v) is 12.0. The van der Waals surface area contributed by atoms with E-state index < -0.39 is 21.7 Å². The van der Waals surface area contributed by atoms with Crippen molar-refractivity contribution in [3.8, 4) is 0 Å². The molecule has 0 bridgehead atoms. The number of nitrogens with zero attached hydrogens (tertiary/aromatic N) is 3. The van der Waals surface area contributed by atoms with Crippen LogP contribution in [-0.4, -0.2) is 65.8 Å². The molecule has 2 rings (SSSR count). The minimum Gasteiger partial charge on any atom is -0.480 e. The van der Waals surface area contributed by atoms with Gasteiger partial charge in [-0.05, 0) is 6.92 Å². The van der Waals surface area contributed by atoms with Gasteiger partial charge in [-0.2, -0.15) is 4.31 Å². The molecule has 112 valence electrons. The zero-order valence-electron chi connectivity index (χ0n) is 11.2. The van der Waals surface area contributed by atoms with Gasteiger partial charge < -0.3 is 9.63 Å². The summed E-state index contributed by atoms with van der Waals surface area (Å²) in [5.74, 6) is -1.44. The number of aliphatic carboxylic acids is 1. The maximum Gasteiger partial charge on any atom is 0.320 e. The Bertz CT molecular complexity index is 575. The number of aryl methyl sites for hydroxylation is 1. The molecule has 9 heteroatoms. The average Bonchev–Trinajstić information content (AvgIpc) is 2.74. The monoisotopic (exact) mass is 303 g/mol. The topological polar surface area (TPSA) is 104 Å². The molecule has 1 aromatic rings. The molecule has 0 amide bonds. The Hall–Kier alpha value is -1.45. The Morgan fingerprint density at radius 3 is 2.55 bits per heavy atom. The van der Waals surface area contributed by atoms with Gasteiger partial charge in [0.25, 0.3) is 0 Å². The van der Waals surface area contributed by atoms with E-state index in [-0.39, 0.29) is 0 Å². The van der Waals surface area contributed by atoms with Gasteiger partial charge >= 0.3 is 5.97 Å². The lowest BCUT2D eigenvalue weighted by Crippen LogP contribution is -2.49. The summed E-state index contributed by atoms with van der Waals surface area (Å²) in [7, 11) is -3.70. The number of carbonyl (C=O) groups is 1. The van der Waals surface area contributed by atoms with Crippen molar-refractivity contribution in [3.05, 3.63) is 17.5 Å². The van der Waals surface area contributed by atoms with Crippen molar-refractivity contribution in [3.63, 3.8) is 0 Å². The Balaban J connectivity index is 1.87. The van der Waals surface area contributed by atoms with Crippen molar-refractivity contribution in [2.75, 3.05) is 31.9 Å². The minimum atomic E-state index is -3.70. The fourth-order valence-corrected chi connectivity index (χ4v) is 3.34. The summed E-state index contributed by atoms with van der Waals surface area (Å²) in [5.41, 5.74) is 0.808. The molecule has 2 heterocycles. The predicted molar refractivity (Wildman–Crippen MR) is 69.5 cm³/mol. The highest BCUT2D eigenvalue weighted by atomic mass is 32.2. The lowest BCUT2D eigenvalue weighted by molar-refractivity contribution is -0.134. The van der Waals surface area contributed by atoms with Crippen LogP contribution in [0.1, 0.15) is 11.5 Å². The van der Waals surface area contributed by atoms with Crippen LogP contribution in [0.15, 0.2) is 10.6 Å². The lowest BCUT2D eigenvalue weighted by Gasteiger charge is -2.32. The molecule has 20 heavy (non-hydrogen) atoms. The third kappa shape index (κ3) is 3.78. The maximum absolute atomic E-state index is 11.8. The number of sulfonamides is 1. The normalized spacial score (nSPS) is 18.2. The number of carboxylic acids is 1. The van der Waals surface area contributed by atoms with Gasteiger partial charge in [-0.25, -0.2) is 8.42 Å². The number of carboxylic acid groups (broad SMARTS) is 1. The minimum absolute atomic E-state index is 0.294. The molecule has 0 radical (unpaired) electrons. The summed E-state index contributed by atoms with van der Waals surface area (Å²) in [4.78, 5) is 12.6. The van der Waals surface area contributed by atoms with Crippen molar-refractivity contribution in [1.82, 2.24) is 14.4 Å². The highest BCUT2D eigenvalue weighted by Crippen LogP contribution is 2.12. The summed E-state index contributed by atoms with van der Waals surface area (Å²) >= 11 is 0. The third-order valence-electron chi connectivity index (χ3n) is 3.09. The predicted octanol–water partition coefficient (Wildman–Crippen LogP) is -0.485. The molecule has 1 saturated heterocycles. The van der Waals surface area contributed by atoms with E-state index in [0.29, 0.717) is 32.7 Å². The molecular weight excluding hydrogens is 286 g/mol. The van der Waals surface area contributed by atoms with Crippen LogP contribution < -0.4 is 0 Å². The summed E-state index contributed by atoms with van der Waals surface area (Å²) in [6.07, 6.45) is 0. The van der Waals surface area contributed by atoms with Gasteiger partial charge in [-0.15, -0.1) is 0 Å². The number of rotatable bonds is 5. The van der Waals surface area contributed by atoms with Gasteiger partial charge in [0, 0.05) is 32.2 Å². The molecule has 0 aromatic carbocycles. The van der Waals surface area contributed by atoms with Crippen molar-refractivity contribution >= 4 is 16.0 Å². The summed E-state index contributed by atoms with van der Waals surface area (Å²) in [6.45, 7) is 4.08. The molecule has 0 unspecified atom stereocenters. The lowest BCUT2D eigenvalue weighted by atomic mass is 10.3. The Labute approximate surface area is 117 Å². The van der Waals surface area contributed by atoms with Crippen molar-refractivity contribution < 1.29 is 22.8 Å². The molecule has 0 atom stereocenters. The maximum atomic E-state index is 11.8. The van der Waals surface area contributed by atoms with E-state index in [2.05, 4.69) is 5.16 Å². The van der Waals surface area contributed by atoms with E-state index >= 15 is 0 Å². The second kappa shape index (κ2) is 5.90. The van der Waals surface area contributed by atoms with Crippen LogP contribution in [0.4, 0.5) is 0 Å². The van der Waals surface area contributed by atoms with Gasteiger partial charge in [0.05, 0.1) is 12.2 Å². The molecule has 1 aliphatic rings. The number of aromatic nitrogens is 1. The Morgan fingerprint density at radius 1 is 1.40 bits per heavy atom. The third-order valence-corrected chi connectivity index (χ3v) is 4.85. The first kappa shape index (κ1) is 14.9. The second-order valence-corrected chi connectivity index (χ2v) is 6.73. The molecule has 1 fully saturated rings. The first-order valence-electron chi connectivity index (χ1n) is 6.21. The summed E-state index contributed by atoms with van der Waals surface area (Å²) in [6, 6.07) is 1.84.